The maximum Gasteiger partial charge on any atom is 0.173 e. The van der Waals surface area contributed by atoms with E-state index in [4.69, 9.17) is 4.74 Å². The first-order valence-electron chi connectivity index (χ1n) is 11.9. The molecule has 1 saturated carbocycles. The van der Waals surface area contributed by atoms with E-state index in [-0.39, 0.29) is 11.6 Å². The second kappa shape index (κ2) is 9.65. The predicted molar refractivity (Wildman–Crippen MR) is 122 cm³/mol. The highest BCUT2D eigenvalue weighted by Crippen LogP contribution is 2.33. The summed E-state index contributed by atoms with van der Waals surface area (Å²) in [5.41, 5.74) is 1.09. The number of tetrazole rings is 1. The van der Waals surface area contributed by atoms with Crippen molar-refractivity contribution in [1.82, 2.24) is 30.0 Å². The number of hydrogen-bond donors (Lipinski definition) is 0. The van der Waals surface area contributed by atoms with Crippen LogP contribution >= 0.6 is 0 Å². The zero-order chi connectivity index (χ0) is 21.8. The molecule has 7 nitrogen and oxygen atoms in total. The van der Waals surface area contributed by atoms with Gasteiger partial charge in [-0.1, -0.05) is 38.3 Å². The Bertz CT molecular complexity index is 819. The molecule has 0 N–H and O–H groups in total. The number of benzene rings is 1. The number of nitrogens with zero attached hydrogens (tertiary/aromatic N) is 6. The summed E-state index contributed by atoms with van der Waals surface area (Å²) in [4.78, 5) is 5.29. The summed E-state index contributed by atoms with van der Waals surface area (Å²) in [6.07, 6.45) is 7.89. The van der Waals surface area contributed by atoms with Gasteiger partial charge < -0.3 is 4.74 Å². The van der Waals surface area contributed by atoms with Crippen LogP contribution in [0.4, 0.5) is 0 Å². The molecule has 1 atom stereocenters. The fourth-order valence-electron chi connectivity index (χ4n) is 5.06. The lowest BCUT2D eigenvalue weighted by atomic mass is 9.93. The monoisotopic (exact) mass is 426 g/mol. The Labute approximate surface area is 186 Å². The summed E-state index contributed by atoms with van der Waals surface area (Å²) in [5, 5.41) is 13.1. The van der Waals surface area contributed by atoms with Crippen molar-refractivity contribution in [2.75, 3.05) is 33.3 Å². The third-order valence-electron chi connectivity index (χ3n) is 7.41. The van der Waals surface area contributed by atoms with Gasteiger partial charge in [-0.25, -0.2) is 4.68 Å². The molecule has 0 radical (unpaired) electrons. The number of hydrogen-bond acceptors (Lipinski definition) is 6. The minimum Gasteiger partial charge on any atom is -0.497 e. The number of piperazine rings is 1. The molecular formula is C24H38N6O. The standard InChI is InChI=1S/C24H38N6O/c1-5-24(2,3)30-23(25-26-27-30)22(19-11-13-21(31-4)14-12-19)29-17-15-28(16-18-29)20-9-7-6-8-10-20/h11-14,20,22H,5-10,15-18H2,1-4H3/t22-/m0/s1. The first-order chi connectivity index (χ1) is 15.0. The number of aromatic nitrogens is 4. The molecule has 0 unspecified atom stereocenters. The minimum absolute atomic E-state index is 0.0419. The maximum absolute atomic E-state index is 5.40. The van der Waals surface area contributed by atoms with Gasteiger partial charge in [0.1, 0.15) is 5.75 Å². The molecule has 7 heteroatoms. The lowest BCUT2D eigenvalue weighted by Crippen LogP contribution is -2.52. The molecule has 0 spiro atoms. The predicted octanol–water partition coefficient (Wildman–Crippen LogP) is 3.87. The van der Waals surface area contributed by atoms with Crippen LogP contribution in [0.25, 0.3) is 0 Å². The fourth-order valence-corrected chi connectivity index (χ4v) is 5.06. The van der Waals surface area contributed by atoms with Crippen molar-refractivity contribution in [3.8, 4) is 5.75 Å². The van der Waals surface area contributed by atoms with Gasteiger partial charge in [-0.05, 0) is 61.2 Å². The van der Waals surface area contributed by atoms with Crippen molar-refractivity contribution in [2.24, 2.45) is 0 Å². The van der Waals surface area contributed by atoms with Gasteiger partial charge in [0.05, 0.1) is 18.7 Å². The average molecular weight is 427 g/mol. The smallest absolute Gasteiger partial charge is 0.173 e. The lowest BCUT2D eigenvalue weighted by molar-refractivity contribution is 0.0606. The van der Waals surface area contributed by atoms with E-state index in [0.717, 1.165) is 50.2 Å². The molecular weight excluding hydrogens is 388 g/mol. The Hall–Kier alpha value is -1.99. The van der Waals surface area contributed by atoms with E-state index in [1.54, 1.807) is 7.11 Å². The first kappa shape index (κ1) is 22.2. The summed E-state index contributed by atoms with van der Waals surface area (Å²) >= 11 is 0. The van der Waals surface area contributed by atoms with E-state index in [9.17, 15) is 0 Å². The van der Waals surface area contributed by atoms with Crippen molar-refractivity contribution in [1.29, 1.82) is 0 Å². The summed E-state index contributed by atoms with van der Waals surface area (Å²) in [5.74, 6) is 1.81. The van der Waals surface area contributed by atoms with Crippen LogP contribution in [0.1, 0.15) is 76.7 Å². The van der Waals surface area contributed by atoms with E-state index >= 15 is 0 Å². The average Bonchev–Trinajstić information content (AvgIpc) is 3.31. The van der Waals surface area contributed by atoms with Gasteiger partial charge in [0.2, 0.25) is 0 Å². The SMILES string of the molecule is CCC(C)(C)n1nnnc1[C@H](c1ccc(OC)cc1)N1CCN(C2CCCCC2)CC1. The molecule has 1 saturated heterocycles. The summed E-state index contributed by atoms with van der Waals surface area (Å²) < 4.78 is 7.43. The van der Waals surface area contributed by atoms with E-state index in [1.165, 1.54) is 37.7 Å². The third-order valence-corrected chi connectivity index (χ3v) is 7.41. The highest BCUT2D eigenvalue weighted by molar-refractivity contribution is 5.32. The highest BCUT2D eigenvalue weighted by atomic mass is 16.5. The van der Waals surface area contributed by atoms with E-state index in [2.05, 4.69) is 58.2 Å². The van der Waals surface area contributed by atoms with Crippen molar-refractivity contribution in [3.05, 3.63) is 35.7 Å². The summed E-state index contributed by atoms with van der Waals surface area (Å²) in [6, 6.07) is 9.23. The molecule has 2 aliphatic rings. The molecule has 0 bridgehead atoms. The second-order valence-electron chi connectivity index (χ2n) is 9.65. The van der Waals surface area contributed by atoms with Gasteiger partial charge in [0.15, 0.2) is 5.82 Å². The Morgan fingerprint density at radius 1 is 1.03 bits per heavy atom. The van der Waals surface area contributed by atoms with Crippen LogP contribution in [-0.4, -0.2) is 69.3 Å². The molecule has 1 aliphatic carbocycles. The zero-order valence-corrected chi connectivity index (χ0v) is 19.6. The fraction of sp³-hybridized carbons (Fsp3) is 0.708. The molecule has 2 aromatic rings. The molecule has 4 rings (SSSR count). The Morgan fingerprint density at radius 2 is 1.71 bits per heavy atom. The summed E-state index contributed by atoms with van der Waals surface area (Å²) in [7, 11) is 1.71. The van der Waals surface area contributed by atoms with Gasteiger partial charge >= 0.3 is 0 Å². The van der Waals surface area contributed by atoms with E-state index in [0.29, 0.717) is 0 Å². The minimum atomic E-state index is -0.131. The van der Waals surface area contributed by atoms with Crippen molar-refractivity contribution < 1.29 is 4.74 Å². The summed E-state index contributed by atoms with van der Waals surface area (Å²) in [6.45, 7) is 10.9. The number of methoxy groups -OCH3 is 1. The molecule has 1 aromatic heterocycles. The van der Waals surface area contributed by atoms with Crippen molar-refractivity contribution in [3.63, 3.8) is 0 Å². The maximum atomic E-state index is 5.40. The van der Waals surface area contributed by atoms with E-state index < -0.39 is 0 Å². The Morgan fingerprint density at radius 3 is 2.32 bits per heavy atom. The molecule has 1 aromatic carbocycles. The zero-order valence-electron chi connectivity index (χ0n) is 19.6. The highest BCUT2D eigenvalue weighted by Gasteiger charge is 2.35. The molecule has 170 valence electrons. The quantitative estimate of drug-likeness (QED) is 0.670. The van der Waals surface area contributed by atoms with Gasteiger partial charge in [-0.2, -0.15) is 0 Å². The van der Waals surface area contributed by atoms with E-state index in [1.807, 2.05) is 16.8 Å². The van der Waals surface area contributed by atoms with Crippen LogP contribution in [0, 0.1) is 0 Å². The van der Waals surface area contributed by atoms with Crippen LogP contribution in [0.15, 0.2) is 24.3 Å². The largest absolute Gasteiger partial charge is 0.497 e. The van der Waals surface area contributed by atoms with Crippen LogP contribution in [0.2, 0.25) is 0 Å². The first-order valence-corrected chi connectivity index (χ1v) is 11.9. The molecule has 2 heterocycles. The lowest BCUT2D eigenvalue weighted by Gasteiger charge is -2.43. The number of ether oxygens (including phenoxy) is 1. The van der Waals surface area contributed by atoms with Crippen LogP contribution < -0.4 is 4.74 Å². The number of rotatable bonds is 7. The van der Waals surface area contributed by atoms with Crippen molar-refractivity contribution in [2.45, 2.75) is 76.9 Å². The Kier molecular flexibility index (Phi) is 6.92. The topological polar surface area (TPSA) is 59.3 Å². The van der Waals surface area contributed by atoms with Crippen LogP contribution in [0.3, 0.4) is 0 Å². The van der Waals surface area contributed by atoms with Crippen molar-refractivity contribution >= 4 is 0 Å². The molecule has 0 amide bonds. The third kappa shape index (κ3) is 4.77. The molecule has 2 fully saturated rings. The van der Waals surface area contributed by atoms with Gasteiger partial charge in [-0.3, -0.25) is 9.80 Å². The molecule has 1 aliphatic heterocycles. The second-order valence-corrected chi connectivity index (χ2v) is 9.65. The Balaban J connectivity index is 1.60. The van der Waals surface area contributed by atoms with Gasteiger partial charge in [0.25, 0.3) is 0 Å². The van der Waals surface area contributed by atoms with Crippen LogP contribution in [0.5, 0.6) is 5.75 Å². The van der Waals surface area contributed by atoms with Crippen LogP contribution in [-0.2, 0) is 5.54 Å². The molecule has 31 heavy (non-hydrogen) atoms. The normalized spacial score (nSPS) is 20.6. The van der Waals surface area contributed by atoms with Gasteiger partial charge in [-0.15, -0.1) is 5.10 Å². The van der Waals surface area contributed by atoms with Gasteiger partial charge in [0, 0.05) is 32.2 Å².